The molecule has 1 fully saturated rings. The van der Waals surface area contributed by atoms with E-state index in [2.05, 4.69) is 0 Å². The molecule has 2 aromatic rings. The molecule has 0 aliphatic heterocycles. The van der Waals surface area contributed by atoms with Gasteiger partial charge in [0.05, 0.1) is 16.5 Å². The number of carbonyl (C=O) groups excluding carboxylic acids is 3. The fourth-order valence-corrected chi connectivity index (χ4v) is 6.18. The highest BCUT2D eigenvalue weighted by Crippen LogP contribution is 2.32. The van der Waals surface area contributed by atoms with Gasteiger partial charge in [-0.3, -0.25) is 14.4 Å². The molecule has 35 heavy (non-hydrogen) atoms. The van der Waals surface area contributed by atoms with Crippen molar-refractivity contribution in [2.75, 3.05) is 11.2 Å². The molecule has 3 rings (SSSR count). The molecule has 8 nitrogen and oxygen atoms in total. The Bertz CT molecular complexity index is 1290. The number of carbonyl (C=O) groups is 3. The van der Waals surface area contributed by atoms with Crippen molar-refractivity contribution >= 4 is 33.1 Å². The first kappa shape index (κ1) is 26.6. The van der Waals surface area contributed by atoms with Crippen molar-refractivity contribution in [1.82, 2.24) is 4.57 Å². The number of hydrogen-bond acceptors (Lipinski definition) is 5. The normalized spacial score (nSPS) is 18.3. The number of anilines is 1. The van der Waals surface area contributed by atoms with Gasteiger partial charge >= 0.3 is 5.91 Å². The number of Topliss-reactive ketones (excluding diaryl/α,β-unsaturated/α-hetero) is 1. The van der Waals surface area contributed by atoms with Gasteiger partial charge in [0, 0.05) is 30.7 Å². The van der Waals surface area contributed by atoms with Crippen molar-refractivity contribution in [2.24, 2.45) is 12.8 Å². The Morgan fingerprint density at radius 3 is 2.23 bits per heavy atom. The number of benzene rings is 1. The molecule has 1 saturated carbocycles. The number of nitrogens with zero attached hydrogens (tertiary/aromatic N) is 2. The van der Waals surface area contributed by atoms with Gasteiger partial charge in [0.15, 0.2) is 0 Å². The average Bonchev–Trinajstić information content (AvgIpc) is 3.05. The van der Waals surface area contributed by atoms with Gasteiger partial charge in [-0.15, -0.1) is 0 Å². The van der Waals surface area contributed by atoms with Crippen molar-refractivity contribution in [3.05, 3.63) is 52.1 Å². The van der Waals surface area contributed by atoms with Crippen molar-refractivity contribution in [1.29, 1.82) is 0 Å². The topological polar surface area (TPSA) is 120 Å². The molecule has 1 heterocycles. The van der Waals surface area contributed by atoms with Crippen LogP contribution in [0.5, 0.6) is 0 Å². The van der Waals surface area contributed by atoms with E-state index in [0.29, 0.717) is 54.6 Å². The van der Waals surface area contributed by atoms with Crippen molar-refractivity contribution in [3.8, 4) is 0 Å². The first-order chi connectivity index (χ1) is 16.3. The van der Waals surface area contributed by atoms with Crippen LogP contribution in [-0.4, -0.2) is 48.1 Å². The lowest BCUT2D eigenvalue weighted by molar-refractivity contribution is -0.115. The second kappa shape index (κ2) is 9.93. The summed E-state index contributed by atoms with van der Waals surface area (Å²) in [4.78, 5) is 40.8. The lowest BCUT2D eigenvalue weighted by Gasteiger charge is -2.36. The maximum Gasteiger partial charge on any atom is 0.301 e. The summed E-state index contributed by atoms with van der Waals surface area (Å²) >= 11 is 0. The molecule has 1 aromatic heterocycles. The molecule has 10 heteroatoms. The summed E-state index contributed by atoms with van der Waals surface area (Å²) in [5, 5.41) is -0.498. The smallest absolute Gasteiger partial charge is 0.301 e. The second-order valence-corrected chi connectivity index (χ2v) is 11.6. The molecule has 0 spiro atoms. The van der Waals surface area contributed by atoms with E-state index in [1.807, 2.05) is 0 Å². The zero-order chi connectivity index (χ0) is 26.2. The van der Waals surface area contributed by atoms with E-state index >= 15 is 0 Å². The van der Waals surface area contributed by atoms with Crippen LogP contribution in [0.2, 0.25) is 0 Å². The molecule has 0 bridgehead atoms. The third-order valence-corrected chi connectivity index (χ3v) is 8.73. The minimum Gasteiger partial charge on any atom is -0.366 e. The number of halogens is 1. The summed E-state index contributed by atoms with van der Waals surface area (Å²) in [7, 11) is -1.62. The van der Waals surface area contributed by atoms with Crippen molar-refractivity contribution in [3.63, 3.8) is 0 Å². The fraction of sp³-hybridized carbons (Fsp3) is 0.480. The molecule has 0 saturated heterocycles. The third-order valence-electron chi connectivity index (χ3n) is 7.05. The second-order valence-electron chi connectivity index (χ2n) is 9.26. The number of sulfone groups is 1. The number of rotatable bonds is 7. The lowest BCUT2D eigenvalue weighted by Crippen LogP contribution is -2.47. The summed E-state index contributed by atoms with van der Waals surface area (Å²) in [5.74, 6) is -2.73. The van der Waals surface area contributed by atoms with Gasteiger partial charge in [-0.05, 0) is 75.3 Å². The highest BCUT2D eigenvalue weighted by atomic mass is 32.2. The molecule has 190 valence electrons. The standard InChI is InChI=1S/C25H32FN3O5S/c1-6-19-21(24(27)31)15(3)28(4)22(19)23(30)25(32)29(17-9-12-20(26)14(2)13-17)16-7-10-18(11-8-16)35(5,33)34/h9,12-13,16,18H,6-8,10-11H2,1-5H3,(H2,27,31). The number of hydrogen-bond donors (Lipinski definition) is 1. The summed E-state index contributed by atoms with van der Waals surface area (Å²) in [5.41, 5.74) is 7.45. The van der Waals surface area contributed by atoms with Crippen molar-refractivity contribution < 1.29 is 27.2 Å². The Balaban J connectivity index is 2.07. The van der Waals surface area contributed by atoms with Gasteiger partial charge in [0.1, 0.15) is 15.7 Å². The lowest BCUT2D eigenvalue weighted by atomic mass is 9.92. The van der Waals surface area contributed by atoms with E-state index in [1.54, 1.807) is 27.8 Å². The van der Waals surface area contributed by atoms with Crippen LogP contribution in [0.3, 0.4) is 0 Å². The molecule has 2 amide bonds. The van der Waals surface area contributed by atoms with Gasteiger partial charge in [0.25, 0.3) is 11.7 Å². The van der Waals surface area contributed by atoms with Crippen LogP contribution in [0.25, 0.3) is 0 Å². The maximum absolute atomic E-state index is 14.0. The molecular formula is C25H32FN3O5S. The Morgan fingerprint density at radius 1 is 1.14 bits per heavy atom. The Labute approximate surface area is 205 Å². The van der Waals surface area contributed by atoms with E-state index in [0.717, 1.165) is 0 Å². The zero-order valence-corrected chi connectivity index (χ0v) is 21.5. The van der Waals surface area contributed by atoms with Crippen LogP contribution in [0.1, 0.15) is 70.3 Å². The summed E-state index contributed by atoms with van der Waals surface area (Å²) in [6.45, 7) is 5.00. The molecule has 1 aliphatic rings. The third kappa shape index (κ3) is 5.03. The molecule has 1 aromatic carbocycles. The highest BCUT2D eigenvalue weighted by molar-refractivity contribution is 7.91. The van der Waals surface area contributed by atoms with Crippen LogP contribution in [-0.2, 0) is 28.1 Å². The van der Waals surface area contributed by atoms with E-state index in [-0.39, 0.29) is 11.3 Å². The van der Waals surface area contributed by atoms with Gasteiger partial charge < -0.3 is 15.2 Å². The van der Waals surface area contributed by atoms with Crippen LogP contribution in [0.4, 0.5) is 10.1 Å². The average molecular weight is 506 g/mol. The number of primary amides is 1. The number of amides is 2. The number of nitrogens with two attached hydrogens (primary N) is 1. The van der Waals surface area contributed by atoms with E-state index < -0.39 is 44.5 Å². The molecule has 2 N–H and O–H groups in total. The largest absolute Gasteiger partial charge is 0.366 e. The minimum atomic E-state index is -3.22. The zero-order valence-electron chi connectivity index (χ0n) is 20.7. The van der Waals surface area contributed by atoms with E-state index in [9.17, 15) is 27.2 Å². The van der Waals surface area contributed by atoms with Gasteiger partial charge in [-0.1, -0.05) is 6.92 Å². The Hall–Kier alpha value is -3.01. The van der Waals surface area contributed by atoms with Gasteiger partial charge in [0.2, 0.25) is 0 Å². The predicted molar refractivity (Wildman–Crippen MR) is 132 cm³/mol. The number of aromatic nitrogens is 1. The van der Waals surface area contributed by atoms with Crippen LogP contribution < -0.4 is 10.6 Å². The summed E-state index contributed by atoms with van der Waals surface area (Å²) in [6.07, 6.45) is 3.00. The Morgan fingerprint density at radius 2 is 1.74 bits per heavy atom. The van der Waals surface area contributed by atoms with Crippen LogP contribution in [0.15, 0.2) is 18.2 Å². The molecule has 0 atom stereocenters. The van der Waals surface area contributed by atoms with Crippen LogP contribution >= 0.6 is 0 Å². The first-order valence-corrected chi connectivity index (χ1v) is 13.6. The summed E-state index contributed by atoms with van der Waals surface area (Å²) in [6, 6.07) is 3.76. The quantitative estimate of drug-likeness (QED) is 0.458. The first-order valence-electron chi connectivity index (χ1n) is 11.6. The number of ketones is 1. The molecule has 1 aliphatic carbocycles. The van der Waals surface area contributed by atoms with Gasteiger partial charge in [-0.2, -0.15) is 0 Å². The van der Waals surface area contributed by atoms with E-state index in [1.165, 1.54) is 33.9 Å². The monoisotopic (exact) mass is 505 g/mol. The molecule has 0 unspecified atom stereocenters. The SMILES string of the molecule is CCc1c(C(N)=O)c(C)n(C)c1C(=O)C(=O)N(c1ccc(F)c(C)c1)C1CCC(S(C)(=O)=O)CC1. The highest BCUT2D eigenvalue weighted by Gasteiger charge is 2.38. The maximum atomic E-state index is 14.0. The Kier molecular flexibility index (Phi) is 7.54. The predicted octanol–water partition coefficient (Wildman–Crippen LogP) is 3.01. The van der Waals surface area contributed by atoms with E-state index in [4.69, 9.17) is 5.73 Å². The summed E-state index contributed by atoms with van der Waals surface area (Å²) < 4.78 is 39.6. The molecular weight excluding hydrogens is 473 g/mol. The minimum absolute atomic E-state index is 0.0949. The number of aryl methyl sites for hydroxylation is 1. The van der Waals surface area contributed by atoms with Crippen molar-refractivity contribution in [2.45, 2.75) is 64.2 Å². The fourth-order valence-electron chi connectivity index (χ4n) is 5.05. The van der Waals surface area contributed by atoms with Gasteiger partial charge in [-0.25, -0.2) is 12.8 Å². The molecule has 0 radical (unpaired) electrons. The van der Waals surface area contributed by atoms with Crippen LogP contribution in [0, 0.1) is 19.7 Å².